The fraction of sp³-hybridized carbons (Fsp3) is 0.714. The number of rotatable bonds is 5. The molecule has 5 atom stereocenters. The maximum atomic E-state index is 13.4. The van der Waals surface area contributed by atoms with Gasteiger partial charge in [-0.2, -0.15) is 13.2 Å². The van der Waals surface area contributed by atoms with Crippen LogP contribution in [0.2, 0.25) is 0 Å². The molecule has 2 aliphatic heterocycles. The largest absolute Gasteiger partial charge is 0.406 e. The SMILES string of the molecule is CCN(CC)c1ncccc1C1CCC2C3NNCC3C(=O)N(CC(F)(F)F)C2C1. The van der Waals surface area contributed by atoms with Crippen molar-refractivity contribution in [1.29, 1.82) is 0 Å². The molecule has 3 fully saturated rings. The summed E-state index contributed by atoms with van der Waals surface area (Å²) in [5.74, 6) is 0.218. The van der Waals surface area contributed by atoms with Crippen molar-refractivity contribution in [1.82, 2.24) is 20.7 Å². The van der Waals surface area contributed by atoms with Crippen LogP contribution in [0, 0.1) is 11.8 Å². The molecule has 3 heterocycles. The van der Waals surface area contributed by atoms with E-state index >= 15 is 0 Å². The lowest BCUT2D eigenvalue weighted by atomic mass is 9.67. The van der Waals surface area contributed by atoms with Crippen molar-refractivity contribution in [2.75, 3.05) is 31.1 Å². The molecule has 1 aliphatic carbocycles. The van der Waals surface area contributed by atoms with Crippen molar-refractivity contribution in [3.05, 3.63) is 23.9 Å². The number of carbonyl (C=O) groups excluding carboxylic acids is 1. The normalized spacial score (nSPS) is 31.4. The number of anilines is 1. The lowest BCUT2D eigenvalue weighted by molar-refractivity contribution is -0.178. The third-order valence-corrected chi connectivity index (χ3v) is 7.02. The summed E-state index contributed by atoms with van der Waals surface area (Å²) in [6.07, 6.45) is -0.418. The molecule has 9 heteroatoms. The monoisotopic (exact) mass is 425 g/mol. The summed E-state index contributed by atoms with van der Waals surface area (Å²) in [7, 11) is 0. The molecule has 5 unspecified atom stereocenters. The van der Waals surface area contributed by atoms with Gasteiger partial charge in [0.25, 0.3) is 0 Å². The number of fused-ring (bicyclic) bond motifs is 3. The van der Waals surface area contributed by atoms with Crippen molar-refractivity contribution in [3.63, 3.8) is 0 Å². The second-order valence-electron chi connectivity index (χ2n) is 8.57. The average molecular weight is 425 g/mol. The minimum absolute atomic E-state index is 0.0230. The van der Waals surface area contributed by atoms with Crippen LogP contribution < -0.4 is 15.8 Å². The lowest BCUT2D eigenvalue weighted by Gasteiger charge is -2.50. The predicted molar refractivity (Wildman–Crippen MR) is 108 cm³/mol. The molecule has 1 aromatic heterocycles. The Hall–Kier alpha value is -1.87. The molecule has 0 aromatic carbocycles. The standard InChI is InChI=1S/C21H30F3N5O/c1-3-28(4-2)19-14(6-5-9-25-19)13-7-8-15-17(10-13)29(12-21(22,23)24)20(30)16-11-26-27-18(15)16/h5-6,9,13,15-18,26-27H,3-4,7-8,10-12H2,1-2H3. The number of hydrogen-bond acceptors (Lipinski definition) is 5. The van der Waals surface area contributed by atoms with E-state index in [0.717, 1.165) is 42.2 Å². The van der Waals surface area contributed by atoms with Gasteiger partial charge in [-0.05, 0) is 56.6 Å². The number of carbonyl (C=O) groups is 1. The van der Waals surface area contributed by atoms with Gasteiger partial charge in [-0.3, -0.25) is 15.6 Å². The second-order valence-corrected chi connectivity index (χ2v) is 8.57. The Kier molecular flexibility index (Phi) is 5.94. The van der Waals surface area contributed by atoms with Gasteiger partial charge in [-0.1, -0.05) is 6.07 Å². The highest BCUT2D eigenvalue weighted by Crippen LogP contribution is 2.46. The van der Waals surface area contributed by atoms with Gasteiger partial charge in [0.1, 0.15) is 12.4 Å². The van der Waals surface area contributed by atoms with E-state index in [0.29, 0.717) is 13.0 Å². The molecule has 0 bridgehead atoms. The Morgan fingerprint density at radius 2 is 2.03 bits per heavy atom. The van der Waals surface area contributed by atoms with E-state index in [9.17, 15) is 18.0 Å². The molecule has 2 N–H and O–H groups in total. The number of nitrogens with one attached hydrogen (secondary N) is 2. The zero-order valence-electron chi connectivity index (χ0n) is 17.5. The minimum atomic E-state index is -4.40. The van der Waals surface area contributed by atoms with Gasteiger partial charge in [-0.15, -0.1) is 0 Å². The number of amides is 1. The first-order valence-corrected chi connectivity index (χ1v) is 10.9. The van der Waals surface area contributed by atoms with E-state index in [4.69, 9.17) is 0 Å². The number of pyridine rings is 1. The molecule has 1 amide bonds. The maximum Gasteiger partial charge on any atom is 0.406 e. The molecule has 1 aromatic rings. The molecule has 0 radical (unpaired) electrons. The van der Waals surface area contributed by atoms with Gasteiger partial charge >= 0.3 is 6.18 Å². The Balaban J connectivity index is 1.64. The first-order chi connectivity index (χ1) is 14.3. The van der Waals surface area contributed by atoms with E-state index < -0.39 is 24.7 Å². The number of piperidine rings is 1. The van der Waals surface area contributed by atoms with Crippen molar-refractivity contribution in [2.24, 2.45) is 11.8 Å². The zero-order valence-corrected chi connectivity index (χ0v) is 17.5. The van der Waals surface area contributed by atoms with Crippen molar-refractivity contribution in [2.45, 2.75) is 57.3 Å². The minimum Gasteiger partial charge on any atom is -0.357 e. The number of alkyl halides is 3. The third-order valence-electron chi connectivity index (χ3n) is 7.02. The summed E-state index contributed by atoms with van der Waals surface area (Å²) in [5, 5.41) is 0. The maximum absolute atomic E-state index is 13.4. The lowest BCUT2D eigenvalue weighted by Crippen LogP contribution is -2.63. The molecule has 1 saturated carbocycles. The fourth-order valence-electron chi connectivity index (χ4n) is 5.67. The molecule has 4 rings (SSSR count). The third kappa shape index (κ3) is 3.89. The number of nitrogens with zero attached hydrogens (tertiary/aromatic N) is 3. The number of likely N-dealkylation sites (tertiary alicyclic amines) is 1. The molecule has 6 nitrogen and oxygen atoms in total. The van der Waals surface area contributed by atoms with Gasteiger partial charge in [0.15, 0.2) is 0 Å². The highest BCUT2D eigenvalue weighted by atomic mass is 19.4. The van der Waals surface area contributed by atoms with Crippen molar-refractivity contribution < 1.29 is 18.0 Å². The predicted octanol–water partition coefficient (Wildman–Crippen LogP) is 2.68. The van der Waals surface area contributed by atoms with E-state index in [1.165, 1.54) is 0 Å². The topological polar surface area (TPSA) is 60.5 Å². The van der Waals surface area contributed by atoms with Crippen LogP contribution in [0.25, 0.3) is 0 Å². The van der Waals surface area contributed by atoms with Crippen molar-refractivity contribution >= 4 is 11.7 Å². The Morgan fingerprint density at radius 3 is 2.73 bits per heavy atom. The highest BCUT2D eigenvalue weighted by molar-refractivity contribution is 5.82. The van der Waals surface area contributed by atoms with E-state index in [2.05, 4.69) is 34.6 Å². The summed E-state index contributed by atoms with van der Waals surface area (Å²) < 4.78 is 40.1. The number of hydrogen-bond donors (Lipinski definition) is 2. The Labute approximate surface area is 175 Å². The highest BCUT2D eigenvalue weighted by Gasteiger charge is 2.54. The molecule has 166 valence electrons. The van der Waals surface area contributed by atoms with Crippen LogP contribution >= 0.6 is 0 Å². The van der Waals surface area contributed by atoms with Gasteiger partial charge in [0, 0.05) is 37.9 Å². The quantitative estimate of drug-likeness (QED) is 0.760. The fourth-order valence-corrected chi connectivity index (χ4v) is 5.67. The van der Waals surface area contributed by atoms with E-state index in [1.807, 2.05) is 12.1 Å². The molecule has 3 aliphatic rings. The van der Waals surface area contributed by atoms with Crippen LogP contribution in [0.15, 0.2) is 18.3 Å². The van der Waals surface area contributed by atoms with E-state index in [-0.39, 0.29) is 23.8 Å². The molecule has 2 saturated heterocycles. The Bertz CT molecular complexity index is 769. The van der Waals surface area contributed by atoms with Gasteiger partial charge in [0.05, 0.1) is 5.92 Å². The zero-order chi connectivity index (χ0) is 21.5. The van der Waals surface area contributed by atoms with E-state index in [1.54, 1.807) is 6.20 Å². The summed E-state index contributed by atoms with van der Waals surface area (Å²) in [6.45, 7) is 5.00. The summed E-state index contributed by atoms with van der Waals surface area (Å²) in [5.41, 5.74) is 7.25. The van der Waals surface area contributed by atoms with Crippen LogP contribution in [0.3, 0.4) is 0 Å². The molecular weight excluding hydrogens is 395 g/mol. The number of halogens is 3. The smallest absolute Gasteiger partial charge is 0.357 e. The first-order valence-electron chi connectivity index (χ1n) is 10.9. The average Bonchev–Trinajstić information content (AvgIpc) is 3.21. The summed E-state index contributed by atoms with van der Waals surface area (Å²) in [4.78, 5) is 20.9. The van der Waals surface area contributed by atoms with Crippen LogP contribution in [0.5, 0.6) is 0 Å². The first kappa shape index (κ1) is 21.4. The van der Waals surface area contributed by atoms with Crippen molar-refractivity contribution in [3.8, 4) is 0 Å². The van der Waals surface area contributed by atoms with Gasteiger partial charge in [-0.25, -0.2) is 4.98 Å². The number of hydrazine groups is 1. The van der Waals surface area contributed by atoms with Crippen LogP contribution in [-0.4, -0.2) is 60.2 Å². The van der Waals surface area contributed by atoms with Gasteiger partial charge < -0.3 is 9.80 Å². The molecule has 30 heavy (non-hydrogen) atoms. The second kappa shape index (κ2) is 8.34. The van der Waals surface area contributed by atoms with Crippen LogP contribution in [-0.2, 0) is 4.79 Å². The Morgan fingerprint density at radius 1 is 1.27 bits per heavy atom. The van der Waals surface area contributed by atoms with Gasteiger partial charge in [0.2, 0.25) is 5.91 Å². The van der Waals surface area contributed by atoms with Crippen LogP contribution in [0.4, 0.5) is 19.0 Å². The number of aromatic nitrogens is 1. The van der Waals surface area contributed by atoms with Crippen LogP contribution in [0.1, 0.15) is 44.6 Å². The summed E-state index contributed by atoms with van der Waals surface area (Å²) in [6, 6.07) is 3.43. The molecule has 0 spiro atoms. The molecular formula is C21H30F3N5O. The summed E-state index contributed by atoms with van der Waals surface area (Å²) >= 11 is 0.